The van der Waals surface area contributed by atoms with E-state index in [9.17, 15) is 0 Å². The van der Waals surface area contributed by atoms with E-state index in [0.717, 1.165) is 42.9 Å². The first kappa shape index (κ1) is 11.9. The Labute approximate surface area is 103 Å². The molecule has 0 aromatic carbocycles. The van der Waals surface area contributed by atoms with Crippen LogP contribution in [0.1, 0.15) is 6.42 Å². The van der Waals surface area contributed by atoms with Crippen molar-refractivity contribution >= 4 is 5.71 Å². The summed E-state index contributed by atoms with van der Waals surface area (Å²) in [6.45, 7) is 2.63. The van der Waals surface area contributed by atoms with E-state index in [0.29, 0.717) is 5.71 Å². The number of likely N-dealkylation sites (N-methyl/N-ethyl adjacent to an activating group) is 2. The molecule has 3 N–H and O–H groups in total. The smallest absolute Gasteiger partial charge is 0.0672 e. The van der Waals surface area contributed by atoms with Crippen LogP contribution in [0, 0.1) is 5.41 Å². The molecule has 2 aliphatic heterocycles. The van der Waals surface area contributed by atoms with Gasteiger partial charge in [0.15, 0.2) is 0 Å². The molecule has 0 aromatic rings. The SMILES string of the molecule is CN1C=CC(C(=N)C2=C(N)CCN(C)C2)=CC1. The van der Waals surface area contributed by atoms with Crippen molar-refractivity contribution in [1.82, 2.24) is 9.80 Å². The molecule has 0 radical (unpaired) electrons. The zero-order chi connectivity index (χ0) is 12.4. The first-order valence-corrected chi connectivity index (χ1v) is 5.92. The van der Waals surface area contributed by atoms with Crippen molar-refractivity contribution in [2.24, 2.45) is 5.73 Å². The van der Waals surface area contributed by atoms with E-state index in [-0.39, 0.29) is 0 Å². The second-order valence-electron chi connectivity index (χ2n) is 4.78. The van der Waals surface area contributed by atoms with Crippen molar-refractivity contribution in [1.29, 1.82) is 5.41 Å². The summed E-state index contributed by atoms with van der Waals surface area (Å²) in [6, 6.07) is 0. The van der Waals surface area contributed by atoms with Crippen LogP contribution in [-0.2, 0) is 0 Å². The van der Waals surface area contributed by atoms with E-state index in [2.05, 4.69) is 22.9 Å². The number of nitrogens with two attached hydrogens (primary N) is 1. The third kappa shape index (κ3) is 2.58. The lowest BCUT2D eigenvalue weighted by Crippen LogP contribution is -2.33. The minimum absolute atomic E-state index is 0.582. The number of nitrogens with zero attached hydrogens (tertiary/aromatic N) is 2. The second kappa shape index (κ2) is 4.75. The number of allylic oxidation sites excluding steroid dienone is 2. The van der Waals surface area contributed by atoms with Crippen LogP contribution in [-0.4, -0.2) is 49.2 Å². The number of nitrogens with one attached hydrogen (secondary N) is 1. The molecule has 0 saturated heterocycles. The third-order valence-electron chi connectivity index (χ3n) is 3.28. The van der Waals surface area contributed by atoms with E-state index in [4.69, 9.17) is 11.1 Å². The van der Waals surface area contributed by atoms with E-state index in [1.165, 1.54) is 0 Å². The summed E-state index contributed by atoms with van der Waals surface area (Å²) in [7, 11) is 4.09. The van der Waals surface area contributed by atoms with Crippen LogP contribution in [0.15, 0.2) is 35.2 Å². The monoisotopic (exact) mass is 232 g/mol. The van der Waals surface area contributed by atoms with Gasteiger partial charge in [0.1, 0.15) is 0 Å². The summed E-state index contributed by atoms with van der Waals surface area (Å²) in [5, 5.41) is 8.26. The maximum Gasteiger partial charge on any atom is 0.0672 e. The van der Waals surface area contributed by atoms with Gasteiger partial charge < -0.3 is 15.5 Å². The summed E-state index contributed by atoms with van der Waals surface area (Å²) in [4.78, 5) is 4.29. The average Bonchev–Trinajstić information content (AvgIpc) is 2.32. The molecule has 0 spiro atoms. The molecule has 0 aliphatic carbocycles. The number of hydrogen-bond donors (Lipinski definition) is 2. The highest BCUT2D eigenvalue weighted by atomic mass is 15.1. The van der Waals surface area contributed by atoms with Crippen LogP contribution in [0.25, 0.3) is 0 Å². The standard InChI is InChI=1S/C13H20N4/c1-16-6-3-10(4-7-16)13(15)11-9-17(2)8-5-12(11)14/h3-4,6,15H,5,7-9,14H2,1-2H3. The Kier molecular flexibility index (Phi) is 3.33. The van der Waals surface area contributed by atoms with Crippen LogP contribution < -0.4 is 5.73 Å². The fraction of sp³-hybridized carbons (Fsp3) is 0.462. The Morgan fingerprint density at radius 3 is 2.82 bits per heavy atom. The molecule has 0 amide bonds. The fourth-order valence-electron chi connectivity index (χ4n) is 2.09. The van der Waals surface area contributed by atoms with E-state index < -0.39 is 0 Å². The van der Waals surface area contributed by atoms with Gasteiger partial charge in [0.2, 0.25) is 0 Å². The summed E-state index contributed by atoms with van der Waals surface area (Å²) in [5.74, 6) is 0. The van der Waals surface area contributed by atoms with Gasteiger partial charge in [-0.05, 0) is 24.9 Å². The Bertz CT molecular complexity index is 417. The average molecular weight is 232 g/mol. The van der Waals surface area contributed by atoms with Crippen molar-refractivity contribution in [3.8, 4) is 0 Å². The molecule has 2 heterocycles. The molecule has 2 aliphatic rings. The van der Waals surface area contributed by atoms with Crippen LogP contribution in [0.4, 0.5) is 0 Å². The molecule has 0 fully saturated rings. The van der Waals surface area contributed by atoms with E-state index >= 15 is 0 Å². The highest BCUT2D eigenvalue weighted by Crippen LogP contribution is 2.19. The molecule has 17 heavy (non-hydrogen) atoms. The van der Waals surface area contributed by atoms with Crippen LogP contribution in [0.5, 0.6) is 0 Å². The molecule has 4 heteroatoms. The van der Waals surface area contributed by atoms with Gasteiger partial charge in [-0.25, -0.2) is 0 Å². The maximum atomic E-state index is 8.26. The van der Waals surface area contributed by atoms with E-state index in [1.807, 2.05) is 19.3 Å². The Morgan fingerprint density at radius 2 is 2.18 bits per heavy atom. The molecule has 0 unspecified atom stereocenters. The first-order valence-electron chi connectivity index (χ1n) is 5.92. The number of rotatable bonds is 2. The van der Waals surface area contributed by atoms with Crippen molar-refractivity contribution in [2.45, 2.75) is 6.42 Å². The van der Waals surface area contributed by atoms with Crippen molar-refractivity contribution < 1.29 is 0 Å². The first-order chi connectivity index (χ1) is 8.08. The molecule has 0 saturated carbocycles. The molecule has 0 bridgehead atoms. The minimum Gasteiger partial charge on any atom is -0.402 e. The summed E-state index contributed by atoms with van der Waals surface area (Å²) < 4.78 is 0. The van der Waals surface area contributed by atoms with Gasteiger partial charge in [-0.2, -0.15) is 0 Å². The minimum atomic E-state index is 0.582. The lowest BCUT2D eigenvalue weighted by molar-refractivity contribution is 0.352. The van der Waals surface area contributed by atoms with Gasteiger partial charge in [-0.15, -0.1) is 0 Å². The highest BCUT2D eigenvalue weighted by Gasteiger charge is 2.19. The highest BCUT2D eigenvalue weighted by molar-refractivity contribution is 6.12. The molecule has 4 nitrogen and oxygen atoms in total. The van der Waals surface area contributed by atoms with Gasteiger partial charge in [0.05, 0.1) is 5.71 Å². The zero-order valence-electron chi connectivity index (χ0n) is 10.5. The van der Waals surface area contributed by atoms with Gasteiger partial charge in [-0.3, -0.25) is 5.41 Å². The molecular formula is C13H20N4. The third-order valence-corrected chi connectivity index (χ3v) is 3.28. The Morgan fingerprint density at radius 1 is 1.41 bits per heavy atom. The maximum absolute atomic E-state index is 8.26. The van der Waals surface area contributed by atoms with Crippen LogP contribution in [0.2, 0.25) is 0 Å². The molecule has 0 atom stereocenters. The molecule has 0 aromatic heterocycles. The van der Waals surface area contributed by atoms with Gasteiger partial charge in [0, 0.05) is 44.4 Å². The second-order valence-corrected chi connectivity index (χ2v) is 4.78. The normalized spacial score (nSPS) is 21.8. The van der Waals surface area contributed by atoms with Crippen LogP contribution in [0.3, 0.4) is 0 Å². The van der Waals surface area contributed by atoms with Gasteiger partial charge in [-0.1, -0.05) is 6.08 Å². The van der Waals surface area contributed by atoms with Crippen molar-refractivity contribution in [3.63, 3.8) is 0 Å². The Hall–Kier alpha value is -1.55. The fourth-order valence-corrected chi connectivity index (χ4v) is 2.09. The summed E-state index contributed by atoms with van der Waals surface area (Å²) in [6.07, 6.45) is 6.94. The van der Waals surface area contributed by atoms with Gasteiger partial charge in [0.25, 0.3) is 0 Å². The quantitative estimate of drug-likeness (QED) is 0.697. The predicted molar refractivity (Wildman–Crippen MR) is 70.9 cm³/mol. The van der Waals surface area contributed by atoms with Crippen molar-refractivity contribution in [2.75, 3.05) is 33.7 Å². The number of hydrogen-bond acceptors (Lipinski definition) is 4. The largest absolute Gasteiger partial charge is 0.402 e. The zero-order valence-corrected chi connectivity index (χ0v) is 10.5. The van der Waals surface area contributed by atoms with Crippen molar-refractivity contribution in [3.05, 3.63) is 35.2 Å². The predicted octanol–water partition coefficient (Wildman–Crippen LogP) is 0.940. The summed E-state index contributed by atoms with van der Waals surface area (Å²) >= 11 is 0. The molecular weight excluding hydrogens is 212 g/mol. The topological polar surface area (TPSA) is 56.4 Å². The lowest BCUT2D eigenvalue weighted by Gasteiger charge is -2.27. The van der Waals surface area contributed by atoms with E-state index in [1.54, 1.807) is 0 Å². The Balaban J connectivity index is 2.18. The molecule has 92 valence electrons. The van der Waals surface area contributed by atoms with Gasteiger partial charge >= 0.3 is 0 Å². The molecule has 2 rings (SSSR count). The summed E-state index contributed by atoms with van der Waals surface area (Å²) in [5.41, 5.74) is 9.45. The lowest BCUT2D eigenvalue weighted by atomic mass is 9.95. The van der Waals surface area contributed by atoms with Crippen LogP contribution >= 0.6 is 0 Å².